The molecule has 1 atom stereocenters. The molecule has 0 amide bonds. The van der Waals surface area contributed by atoms with Crippen LogP contribution in [0.25, 0.3) is 0 Å². The van der Waals surface area contributed by atoms with Gasteiger partial charge in [-0.15, -0.1) is 34.2 Å². The van der Waals surface area contributed by atoms with E-state index in [2.05, 4.69) is 58.3 Å². The molecule has 1 heterocycles. The predicted octanol–water partition coefficient (Wildman–Crippen LogP) is 3.11. The minimum Gasteiger partial charge on any atom is -0.496 e. The Hall–Kier alpha value is -1.88. The summed E-state index contributed by atoms with van der Waals surface area (Å²) in [5, 5.41) is 15.0. The third-order valence-electron chi connectivity index (χ3n) is 4.64. The van der Waals surface area contributed by atoms with E-state index in [9.17, 15) is 0 Å². The van der Waals surface area contributed by atoms with Gasteiger partial charge in [0.2, 0.25) is 0 Å². The van der Waals surface area contributed by atoms with Crippen molar-refractivity contribution in [1.82, 2.24) is 25.4 Å². The summed E-state index contributed by atoms with van der Waals surface area (Å²) in [5.74, 6) is 2.62. The molecule has 2 aromatic rings. The SMILES string of the molecule is CCc1nncn1CCNC(=NCCCOC)NC(C)c1cc(C)ccc1OC.I. The number of hydrogen-bond acceptors (Lipinski definition) is 5. The summed E-state index contributed by atoms with van der Waals surface area (Å²) in [6, 6.07) is 6.24. The topological polar surface area (TPSA) is 85.6 Å². The lowest BCUT2D eigenvalue weighted by Gasteiger charge is -2.21. The third kappa shape index (κ3) is 8.10. The Morgan fingerprint density at radius 2 is 2.10 bits per heavy atom. The number of ether oxygens (including phenoxy) is 2. The van der Waals surface area contributed by atoms with Crippen LogP contribution >= 0.6 is 24.0 Å². The summed E-state index contributed by atoms with van der Waals surface area (Å²) in [7, 11) is 3.40. The first-order chi connectivity index (χ1) is 14.1. The number of benzene rings is 1. The Bertz CT molecular complexity index is 781. The quantitative estimate of drug-likeness (QED) is 0.201. The number of methoxy groups -OCH3 is 2. The van der Waals surface area contributed by atoms with E-state index in [1.807, 2.05) is 6.07 Å². The van der Waals surface area contributed by atoms with Crippen molar-refractivity contribution in [2.24, 2.45) is 4.99 Å². The van der Waals surface area contributed by atoms with Crippen molar-refractivity contribution in [3.63, 3.8) is 0 Å². The highest BCUT2D eigenvalue weighted by molar-refractivity contribution is 14.0. The smallest absolute Gasteiger partial charge is 0.191 e. The first-order valence-electron chi connectivity index (χ1n) is 10.1. The van der Waals surface area contributed by atoms with Crippen molar-refractivity contribution in [3.8, 4) is 5.75 Å². The normalized spacial score (nSPS) is 12.2. The lowest BCUT2D eigenvalue weighted by atomic mass is 10.0. The summed E-state index contributed by atoms with van der Waals surface area (Å²) in [6.07, 6.45) is 3.50. The van der Waals surface area contributed by atoms with Crippen LogP contribution in [0.15, 0.2) is 29.5 Å². The van der Waals surface area contributed by atoms with Crippen molar-refractivity contribution >= 4 is 29.9 Å². The van der Waals surface area contributed by atoms with Crippen LogP contribution < -0.4 is 15.4 Å². The summed E-state index contributed by atoms with van der Waals surface area (Å²) in [6.45, 7) is 9.15. The zero-order chi connectivity index (χ0) is 21.1. The average molecular weight is 530 g/mol. The molecule has 0 saturated carbocycles. The number of nitrogens with zero attached hydrogens (tertiary/aromatic N) is 4. The second kappa shape index (κ2) is 14.2. The molecule has 1 aromatic heterocycles. The van der Waals surface area contributed by atoms with E-state index in [-0.39, 0.29) is 30.0 Å². The van der Waals surface area contributed by atoms with E-state index in [4.69, 9.17) is 14.5 Å². The molecule has 9 heteroatoms. The zero-order valence-corrected chi connectivity index (χ0v) is 21.0. The van der Waals surface area contributed by atoms with Gasteiger partial charge in [0, 0.05) is 45.3 Å². The van der Waals surface area contributed by atoms with Gasteiger partial charge in [-0.05, 0) is 26.3 Å². The Kier molecular flexibility index (Phi) is 12.4. The van der Waals surface area contributed by atoms with E-state index < -0.39 is 0 Å². The van der Waals surface area contributed by atoms with Crippen LogP contribution in [0.1, 0.15) is 43.3 Å². The largest absolute Gasteiger partial charge is 0.496 e. The van der Waals surface area contributed by atoms with Crippen molar-refractivity contribution in [2.75, 3.05) is 33.9 Å². The number of aryl methyl sites for hydroxylation is 2. The van der Waals surface area contributed by atoms with Crippen LogP contribution in [0.5, 0.6) is 5.75 Å². The molecule has 1 aromatic carbocycles. The monoisotopic (exact) mass is 530 g/mol. The number of aliphatic imine (C=N–C) groups is 1. The number of halogens is 1. The van der Waals surface area contributed by atoms with Crippen molar-refractivity contribution in [3.05, 3.63) is 41.5 Å². The van der Waals surface area contributed by atoms with Crippen LogP contribution in [0.3, 0.4) is 0 Å². The Morgan fingerprint density at radius 1 is 1.30 bits per heavy atom. The molecule has 0 aliphatic carbocycles. The molecule has 0 radical (unpaired) electrons. The van der Waals surface area contributed by atoms with Crippen LogP contribution in [-0.2, 0) is 17.7 Å². The fraction of sp³-hybridized carbons (Fsp3) is 0.571. The Labute approximate surface area is 196 Å². The molecule has 0 aliphatic rings. The number of hydrogen-bond donors (Lipinski definition) is 2. The minimum absolute atomic E-state index is 0. The first-order valence-corrected chi connectivity index (χ1v) is 10.1. The molecule has 0 bridgehead atoms. The molecule has 0 saturated heterocycles. The minimum atomic E-state index is 0. The van der Waals surface area contributed by atoms with Crippen LogP contribution in [0, 0.1) is 6.92 Å². The van der Waals surface area contributed by atoms with Crippen LogP contribution in [0.2, 0.25) is 0 Å². The van der Waals surface area contributed by atoms with Gasteiger partial charge < -0.3 is 24.7 Å². The molecule has 0 fully saturated rings. The molecular formula is C21H35IN6O2. The first kappa shape index (κ1) is 26.2. The number of nitrogens with one attached hydrogen (secondary N) is 2. The molecule has 8 nitrogen and oxygen atoms in total. The van der Waals surface area contributed by atoms with Gasteiger partial charge in [0.1, 0.15) is 17.9 Å². The van der Waals surface area contributed by atoms with Gasteiger partial charge in [-0.1, -0.05) is 24.6 Å². The van der Waals surface area contributed by atoms with E-state index in [1.165, 1.54) is 5.56 Å². The van der Waals surface area contributed by atoms with Crippen molar-refractivity contribution in [1.29, 1.82) is 0 Å². The zero-order valence-electron chi connectivity index (χ0n) is 18.6. The fourth-order valence-electron chi connectivity index (χ4n) is 3.06. The third-order valence-corrected chi connectivity index (χ3v) is 4.64. The fourth-order valence-corrected chi connectivity index (χ4v) is 3.06. The molecule has 0 spiro atoms. The highest BCUT2D eigenvalue weighted by Crippen LogP contribution is 2.25. The standard InChI is InChI=1S/C21H34N6O2.HI/c1-6-20-26-24-15-27(20)12-11-23-21(22-10-7-13-28-4)25-17(3)18-14-16(2)8-9-19(18)29-5;/h8-9,14-15,17H,6-7,10-13H2,1-5H3,(H2,22,23,25);1H. The summed E-state index contributed by atoms with van der Waals surface area (Å²) < 4.78 is 12.7. The van der Waals surface area contributed by atoms with Gasteiger partial charge in [0.25, 0.3) is 0 Å². The van der Waals surface area contributed by atoms with E-state index in [1.54, 1.807) is 20.5 Å². The summed E-state index contributed by atoms with van der Waals surface area (Å²) in [5.41, 5.74) is 2.30. The van der Waals surface area contributed by atoms with E-state index in [0.29, 0.717) is 13.2 Å². The molecular weight excluding hydrogens is 495 g/mol. The van der Waals surface area contributed by atoms with Crippen molar-refractivity contribution in [2.45, 2.75) is 46.2 Å². The molecule has 0 aliphatic heterocycles. The van der Waals surface area contributed by atoms with Crippen LogP contribution in [0.4, 0.5) is 0 Å². The summed E-state index contributed by atoms with van der Waals surface area (Å²) in [4.78, 5) is 4.70. The Morgan fingerprint density at radius 3 is 2.80 bits per heavy atom. The van der Waals surface area contributed by atoms with Gasteiger partial charge in [0.15, 0.2) is 5.96 Å². The maximum absolute atomic E-state index is 5.54. The predicted molar refractivity (Wildman–Crippen MR) is 131 cm³/mol. The summed E-state index contributed by atoms with van der Waals surface area (Å²) >= 11 is 0. The molecule has 2 N–H and O–H groups in total. The highest BCUT2D eigenvalue weighted by Gasteiger charge is 2.13. The maximum atomic E-state index is 5.54. The number of guanidine groups is 1. The molecule has 2 rings (SSSR count). The number of aromatic nitrogens is 3. The number of rotatable bonds is 11. The second-order valence-corrected chi connectivity index (χ2v) is 6.91. The van der Waals surface area contributed by atoms with Gasteiger partial charge in [-0.3, -0.25) is 4.99 Å². The molecule has 168 valence electrons. The van der Waals surface area contributed by atoms with Crippen LogP contribution in [-0.4, -0.2) is 54.6 Å². The Balaban J connectivity index is 0.00000450. The lowest BCUT2D eigenvalue weighted by Crippen LogP contribution is -2.40. The highest BCUT2D eigenvalue weighted by atomic mass is 127. The van der Waals surface area contributed by atoms with Gasteiger partial charge in [-0.25, -0.2) is 0 Å². The van der Waals surface area contributed by atoms with E-state index in [0.717, 1.165) is 49.0 Å². The van der Waals surface area contributed by atoms with Gasteiger partial charge in [-0.2, -0.15) is 0 Å². The second-order valence-electron chi connectivity index (χ2n) is 6.91. The van der Waals surface area contributed by atoms with E-state index >= 15 is 0 Å². The van der Waals surface area contributed by atoms with Gasteiger partial charge in [0.05, 0.1) is 13.2 Å². The average Bonchev–Trinajstić information content (AvgIpc) is 3.18. The van der Waals surface area contributed by atoms with Gasteiger partial charge >= 0.3 is 0 Å². The molecule has 1 unspecified atom stereocenters. The van der Waals surface area contributed by atoms with Crippen molar-refractivity contribution < 1.29 is 9.47 Å². The maximum Gasteiger partial charge on any atom is 0.191 e. The molecule has 30 heavy (non-hydrogen) atoms. The lowest BCUT2D eigenvalue weighted by molar-refractivity contribution is 0.197.